The number of fused-ring (bicyclic) bond motifs is 1. The van der Waals surface area contributed by atoms with Crippen LogP contribution in [-0.2, 0) is 0 Å². The van der Waals surface area contributed by atoms with Gasteiger partial charge in [0.2, 0.25) is 0 Å². The van der Waals surface area contributed by atoms with E-state index in [0.717, 1.165) is 24.9 Å². The Bertz CT molecular complexity index is 472. The average Bonchev–Trinajstić information content (AvgIpc) is 2.46. The maximum Gasteiger partial charge on any atom is 0.255 e. The first kappa shape index (κ1) is 12.5. The second-order valence-electron chi connectivity index (χ2n) is 5.93. The molecule has 19 heavy (non-hydrogen) atoms. The minimum atomic E-state index is 0.113. The Morgan fingerprint density at radius 1 is 1.11 bits per heavy atom. The number of para-hydroxylation sites is 1. The van der Waals surface area contributed by atoms with E-state index in [9.17, 15) is 4.79 Å². The highest BCUT2D eigenvalue weighted by molar-refractivity contribution is 5.99. The van der Waals surface area contributed by atoms with Crippen LogP contribution in [0.5, 0.6) is 0 Å². The first-order valence-corrected chi connectivity index (χ1v) is 7.39. The number of carbonyl (C=O) groups is 1. The van der Waals surface area contributed by atoms with Gasteiger partial charge < -0.3 is 10.6 Å². The van der Waals surface area contributed by atoms with Gasteiger partial charge in [0.05, 0.1) is 5.56 Å². The second kappa shape index (κ2) is 5.24. The third-order valence-electron chi connectivity index (χ3n) is 4.77. The quantitative estimate of drug-likeness (QED) is 0.787. The van der Waals surface area contributed by atoms with Crippen LogP contribution in [0.15, 0.2) is 24.3 Å². The topological polar surface area (TPSA) is 46.3 Å². The van der Waals surface area contributed by atoms with Gasteiger partial charge in [-0.05, 0) is 36.8 Å². The number of hydrogen-bond acceptors (Lipinski definition) is 2. The minimum absolute atomic E-state index is 0.113. The van der Waals surface area contributed by atoms with Crippen LogP contribution in [0, 0.1) is 11.8 Å². The first-order valence-electron chi connectivity index (χ1n) is 7.39. The smallest absolute Gasteiger partial charge is 0.255 e. The molecule has 3 nitrogen and oxygen atoms in total. The summed E-state index contributed by atoms with van der Waals surface area (Å²) < 4.78 is 0. The lowest BCUT2D eigenvalue weighted by molar-refractivity contribution is 0.0522. The van der Waals surface area contributed by atoms with Crippen molar-refractivity contribution in [3.8, 4) is 0 Å². The zero-order valence-electron chi connectivity index (χ0n) is 11.3. The number of benzene rings is 1. The number of hydrogen-bond donors (Lipinski definition) is 1. The van der Waals surface area contributed by atoms with E-state index < -0.39 is 0 Å². The molecule has 3 rings (SSSR count). The fourth-order valence-electron chi connectivity index (χ4n) is 3.65. The zero-order valence-corrected chi connectivity index (χ0v) is 11.3. The third-order valence-corrected chi connectivity index (χ3v) is 4.77. The van der Waals surface area contributed by atoms with E-state index >= 15 is 0 Å². The number of nitrogens with two attached hydrogens (primary N) is 1. The van der Waals surface area contributed by atoms with Gasteiger partial charge >= 0.3 is 0 Å². The highest BCUT2D eigenvalue weighted by atomic mass is 16.2. The summed E-state index contributed by atoms with van der Waals surface area (Å²) in [5.41, 5.74) is 7.17. The molecule has 1 aliphatic carbocycles. The molecule has 102 valence electrons. The van der Waals surface area contributed by atoms with E-state index in [1.54, 1.807) is 6.07 Å². The Morgan fingerprint density at radius 2 is 1.84 bits per heavy atom. The van der Waals surface area contributed by atoms with Crippen molar-refractivity contribution in [1.29, 1.82) is 0 Å². The van der Waals surface area contributed by atoms with Gasteiger partial charge in [0.25, 0.3) is 5.91 Å². The van der Waals surface area contributed by atoms with Crippen molar-refractivity contribution >= 4 is 11.6 Å². The molecule has 2 N–H and O–H groups in total. The van der Waals surface area contributed by atoms with Crippen LogP contribution in [0.4, 0.5) is 5.69 Å². The van der Waals surface area contributed by atoms with Crippen molar-refractivity contribution < 1.29 is 4.79 Å². The molecule has 1 heterocycles. The van der Waals surface area contributed by atoms with Gasteiger partial charge in [-0.15, -0.1) is 0 Å². The molecular formula is C16H22N2O. The number of amides is 1. The maximum atomic E-state index is 12.5. The number of piperidine rings is 1. The fourth-order valence-corrected chi connectivity index (χ4v) is 3.65. The lowest BCUT2D eigenvalue weighted by Crippen LogP contribution is -2.44. The molecule has 3 heteroatoms. The summed E-state index contributed by atoms with van der Waals surface area (Å²) in [7, 11) is 0. The van der Waals surface area contributed by atoms with Crippen molar-refractivity contribution in [2.45, 2.75) is 32.1 Å². The molecule has 0 aromatic heterocycles. The number of rotatable bonds is 1. The fraction of sp³-hybridized carbons (Fsp3) is 0.562. The molecule has 1 saturated heterocycles. The van der Waals surface area contributed by atoms with Crippen molar-refractivity contribution in [1.82, 2.24) is 4.90 Å². The Labute approximate surface area is 114 Å². The van der Waals surface area contributed by atoms with Crippen molar-refractivity contribution in [2.24, 2.45) is 11.8 Å². The second-order valence-corrected chi connectivity index (χ2v) is 5.93. The van der Waals surface area contributed by atoms with Gasteiger partial charge in [-0.2, -0.15) is 0 Å². The van der Waals surface area contributed by atoms with E-state index in [1.165, 1.54) is 32.1 Å². The SMILES string of the molecule is Nc1ccccc1C(=O)N1CC[C@@H]2CCCC[C@H]2C1. The summed E-state index contributed by atoms with van der Waals surface area (Å²) in [6.45, 7) is 1.83. The normalized spacial score (nSPS) is 26.8. The zero-order chi connectivity index (χ0) is 13.2. The highest BCUT2D eigenvalue weighted by Gasteiger charge is 2.33. The van der Waals surface area contributed by atoms with Gasteiger partial charge in [0.1, 0.15) is 0 Å². The molecule has 2 fully saturated rings. The molecule has 0 bridgehead atoms. The number of nitrogens with zero attached hydrogens (tertiary/aromatic N) is 1. The van der Waals surface area contributed by atoms with E-state index in [2.05, 4.69) is 0 Å². The lowest BCUT2D eigenvalue weighted by atomic mass is 9.75. The molecule has 2 aliphatic rings. The number of nitrogen functional groups attached to an aromatic ring is 1. The van der Waals surface area contributed by atoms with Crippen LogP contribution < -0.4 is 5.73 Å². The van der Waals surface area contributed by atoms with Crippen LogP contribution in [0.3, 0.4) is 0 Å². The average molecular weight is 258 g/mol. The van der Waals surface area contributed by atoms with Crippen LogP contribution in [0.25, 0.3) is 0 Å². The Balaban J connectivity index is 1.73. The molecule has 1 aliphatic heterocycles. The van der Waals surface area contributed by atoms with Gasteiger partial charge in [0.15, 0.2) is 0 Å². The highest BCUT2D eigenvalue weighted by Crippen LogP contribution is 2.36. The molecular weight excluding hydrogens is 236 g/mol. The third kappa shape index (κ3) is 2.46. The Morgan fingerprint density at radius 3 is 2.63 bits per heavy atom. The van der Waals surface area contributed by atoms with Crippen LogP contribution in [0.1, 0.15) is 42.5 Å². The summed E-state index contributed by atoms with van der Waals surface area (Å²) in [6, 6.07) is 7.40. The first-order chi connectivity index (χ1) is 9.25. The summed E-state index contributed by atoms with van der Waals surface area (Å²) in [5, 5.41) is 0. The number of carbonyl (C=O) groups excluding carboxylic acids is 1. The summed E-state index contributed by atoms with van der Waals surface area (Å²) in [4.78, 5) is 14.6. The van der Waals surface area contributed by atoms with Crippen LogP contribution >= 0.6 is 0 Å². The largest absolute Gasteiger partial charge is 0.398 e. The molecule has 0 unspecified atom stereocenters. The van der Waals surface area contributed by atoms with E-state index in [4.69, 9.17) is 5.73 Å². The van der Waals surface area contributed by atoms with Gasteiger partial charge in [-0.1, -0.05) is 31.4 Å². The van der Waals surface area contributed by atoms with Gasteiger partial charge in [-0.25, -0.2) is 0 Å². The van der Waals surface area contributed by atoms with Crippen LogP contribution in [-0.4, -0.2) is 23.9 Å². The number of anilines is 1. The minimum Gasteiger partial charge on any atom is -0.398 e. The molecule has 0 spiro atoms. The monoisotopic (exact) mass is 258 g/mol. The molecule has 1 amide bonds. The predicted molar refractivity (Wildman–Crippen MR) is 76.8 cm³/mol. The van der Waals surface area contributed by atoms with Gasteiger partial charge in [-0.3, -0.25) is 4.79 Å². The van der Waals surface area contributed by atoms with Crippen molar-refractivity contribution in [2.75, 3.05) is 18.8 Å². The van der Waals surface area contributed by atoms with Crippen molar-refractivity contribution in [3.63, 3.8) is 0 Å². The van der Waals surface area contributed by atoms with E-state index in [0.29, 0.717) is 11.3 Å². The lowest BCUT2D eigenvalue weighted by Gasteiger charge is -2.41. The van der Waals surface area contributed by atoms with E-state index in [-0.39, 0.29) is 5.91 Å². The van der Waals surface area contributed by atoms with Gasteiger partial charge in [0, 0.05) is 18.8 Å². The van der Waals surface area contributed by atoms with Crippen molar-refractivity contribution in [3.05, 3.63) is 29.8 Å². The summed E-state index contributed by atoms with van der Waals surface area (Å²) in [5.74, 6) is 1.68. The Hall–Kier alpha value is -1.51. The predicted octanol–water partition coefficient (Wildman–Crippen LogP) is 2.92. The van der Waals surface area contributed by atoms with E-state index in [1.807, 2.05) is 23.1 Å². The summed E-state index contributed by atoms with van der Waals surface area (Å²) in [6.07, 6.45) is 6.53. The van der Waals surface area contributed by atoms with Crippen LogP contribution in [0.2, 0.25) is 0 Å². The molecule has 1 aromatic carbocycles. The maximum absolute atomic E-state index is 12.5. The number of likely N-dealkylation sites (tertiary alicyclic amines) is 1. The molecule has 0 radical (unpaired) electrons. The molecule has 1 saturated carbocycles. The standard InChI is InChI=1S/C16H22N2O/c17-15-8-4-3-7-14(15)16(19)18-10-9-12-5-1-2-6-13(12)11-18/h3-4,7-8,12-13H,1-2,5-6,9-11,17H2/t12-,13-/m0/s1. The molecule has 2 atom stereocenters. The Kier molecular flexibility index (Phi) is 3.45. The molecule has 1 aromatic rings. The summed E-state index contributed by atoms with van der Waals surface area (Å²) >= 11 is 0.